The van der Waals surface area contributed by atoms with Crippen LogP contribution in [0.5, 0.6) is 11.5 Å². The van der Waals surface area contributed by atoms with E-state index in [1.54, 1.807) is 6.07 Å². The number of nitro groups is 1. The number of carbonyl (C=O) groups is 2. The predicted octanol–water partition coefficient (Wildman–Crippen LogP) is 4.48. The summed E-state index contributed by atoms with van der Waals surface area (Å²) in [7, 11) is 0. The molecule has 0 bridgehead atoms. The number of hydrogen-bond acceptors (Lipinski definition) is 7. The average Bonchev–Trinajstić information content (AvgIpc) is 2.74. The zero-order valence-electron chi connectivity index (χ0n) is 14.8. The van der Waals surface area contributed by atoms with E-state index >= 15 is 0 Å². The molecule has 3 aromatic rings. The lowest BCUT2D eigenvalue weighted by Gasteiger charge is -2.09. The topological polar surface area (TPSA) is 109 Å². The SMILES string of the molecule is O=C(COC(=O)c1cccnc1)c1ccc(Oc2c(Cl)cccc2[N+](=O)[O-])cc1. The van der Waals surface area contributed by atoms with E-state index < -0.39 is 23.3 Å². The highest BCUT2D eigenvalue weighted by molar-refractivity contribution is 6.32. The van der Waals surface area contributed by atoms with Crippen LogP contribution >= 0.6 is 11.6 Å². The molecule has 8 nitrogen and oxygen atoms in total. The number of nitrogens with zero attached hydrogens (tertiary/aromatic N) is 2. The Bertz CT molecular complexity index is 1050. The van der Waals surface area contributed by atoms with Crippen molar-refractivity contribution in [2.75, 3.05) is 6.61 Å². The fourth-order valence-electron chi connectivity index (χ4n) is 2.35. The molecule has 0 N–H and O–H groups in total. The first-order chi connectivity index (χ1) is 14.0. The molecule has 0 saturated heterocycles. The Kier molecular flexibility index (Phi) is 6.16. The number of ether oxygens (including phenoxy) is 2. The molecule has 2 aromatic carbocycles. The number of carbonyl (C=O) groups excluding carboxylic acids is 2. The lowest BCUT2D eigenvalue weighted by Crippen LogP contribution is -2.14. The molecule has 0 atom stereocenters. The van der Waals surface area contributed by atoms with Gasteiger partial charge in [-0.2, -0.15) is 0 Å². The van der Waals surface area contributed by atoms with Gasteiger partial charge in [0.05, 0.1) is 15.5 Å². The Morgan fingerprint density at radius 2 is 1.79 bits per heavy atom. The number of pyridine rings is 1. The minimum atomic E-state index is -0.655. The summed E-state index contributed by atoms with van der Waals surface area (Å²) in [6, 6.07) is 13.1. The number of rotatable bonds is 7. The van der Waals surface area contributed by atoms with Crippen LogP contribution in [0.2, 0.25) is 5.02 Å². The number of para-hydroxylation sites is 1. The molecule has 0 amide bonds. The molecule has 0 fully saturated rings. The quantitative estimate of drug-likeness (QED) is 0.243. The second kappa shape index (κ2) is 8.94. The van der Waals surface area contributed by atoms with Gasteiger partial charge in [-0.25, -0.2) is 4.79 Å². The molecule has 0 aliphatic heterocycles. The number of hydrogen-bond donors (Lipinski definition) is 0. The number of halogens is 1. The molecule has 0 spiro atoms. The molecule has 1 aromatic heterocycles. The Hall–Kier alpha value is -3.78. The second-order valence-electron chi connectivity index (χ2n) is 5.71. The summed E-state index contributed by atoms with van der Waals surface area (Å²) >= 11 is 5.99. The van der Waals surface area contributed by atoms with Crippen LogP contribution in [-0.4, -0.2) is 28.3 Å². The number of aromatic nitrogens is 1. The molecule has 3 rings (SSSR count). The van der Waals surface area contributed by atoms with Gasteiger partial charge < -0.3 is 9.47 Å². The highest BCUT2D eigenvalue weighted by atomic mass is 35.5. The average molecular weight is 413 g/mol. The standard InChI is InChI=1S/C20H13ClN2O6/c21-16-4-1-5-17(23(26)27)19(16)29-15-8-6-13(7-9-15)18(24)12-28-20(25)14-3-2-10-22-11-14/h1-11H,12H2. The molecular formula is C20H13ClN2O6. The number of nitro benzene ring substituents is 1. The van der Waals surface area contributed by atoms with E-state index in [2.05, 4.69) is 4.98 Å². The van der Waals surface area contributed by atoms with E-state index in [0.29, 0.717) is 0 Å². The van der Waals surface area contributed by atoms with Crippen molar-refractivity contribution in [3.05, 3.63) is 93.3 Å². The highest BCUT2D eigenvalue weighted by Crippen LogP contribution is 2.37. The van der Waals surface area contributed by atoms with Crippen LogP contribution in [0, 0.1) is 10.1 Å². The Morgan fingerprint density at radius 3 is 2.45 bits per heavy atom. The normalized spacial score (nSPS) is 10.2. The van der Waals surface area contributed by atoms with Gasteiger partial charge in [0.25, 0.3) is 0 Å². The van der Waals surface area contributed by atoms with Gasteiger partial charge in [0.15, 0.2) is 12.4 Å². The zero-order valence-corrected chi connectivity index (χ0v) is 15.5. The van der Waals surface area contributed by atoms with Crippen LogP contribution < -0.4 is 4.74 Å². The first-order valence-corrected chi connectivity index (χ1v) is 8.64. The number of ketones is 1. The summed E-state index contributed by atoms with van der Waals surface area (Å²) in [6.07, 6.45) is 2.86. The Balaban J connectivity index is 1.65. The van der Waals surface area contributed by atoms with Crippen LogP contribution in [0.15, 0.2) is 67.0 Å². The molecule has 0 saturated carbocycles. The maximum Gasteiger partial charge on any atom is 0.340 e. The number of esters is 1. The molecule has 0 aliphatic carbocycles. The van der Waals surface area contributed by atoms with Gasteiger partial charge in [-0.3, -0.25) is 19.9 Å². The fraction of sp³-hybridized carbons (Fsp3) is 0.0500. The van der Waals surface area contributed by atoms with Crippen molar-refractivity contribution in [1.82, 2.24) is 4.98 Å². The van der Waals surface area contributed by atoms with E-state index in [9.17, 15) is 19.7 Å². The largest absolute Gasteiger partial charge is 0.454 e. The van der Waals surface area contributed by atoms with E-state index in [0.717, 1.165) is 0 Å². The van der Waals surface area contributed by atoms with Crippen LogP contribution in [0.1, 0.15) is 20.7 Å². The summed E-state index contributed by atoms with van der Waals surface area (Å²) in [5, 5.41) is 11.2. The molecule has 29 heavy (non-hydrogen) atoms. The van der Waals surface area contributed by atoms with E-state index in [-0.39, 0.29) is 33.3 Å². The van der Waals surface area contributed by atoms with Crippen molar-refractivity contribution in [1.29, 1.82) is 0 Å². The van der Waals surface area contributed by atoms with Gasteiger partial charge in [0.2, 0.25) is 5.75 Å². The van der Waals surface area contributed by atoms with Crippen molar-refractivity contribution in [2.24, 2.45) is 0 Å². The van der Waals surface area contributed by atoms with Crippen LogP contribution in [-0.2, 0) is 4.74 Å². The van der Waals surface area contributed by atoms with Crippen molar-refractivity contribution in [3.8, 4) is 11.5 Å². The number of Topliss-reactive ketones (excluding diaryl/α,β-unsaturated/α-hetero) is 1. The third-order valence-corrected chi connectivity index (χ3v) is 4.07. The third kappa shape index (κ3) is 4.94. The van der Waals surface area contributed by atoms with E-state index in [4.69, 9.17) is 21.1 Å². The first kappa shape index (κ1) is 20.0. The van der Waals surface area contributed by atoms with Gasteiger partial charge >= 0.3 is 11.7 Å². The maximum atomic E-state index is 12.2. The third-order valence-electron chi connectivity index (χ3n) is 3.77. The highest BCUT2D eigenvalue weighted by Gasteiger charge is 2.19. The summed E-state index contributed by atoms with van der Waals surface area (Å²) in [5.74, 6) is -0.913. The summed E-state index contributed by atoms with van der Waals surface area (Å²) in [5.41, 5.74) is 0.246. The lowest BCUT2D eigenvalue weighted by molar-refractivity contribution is -0.385. The molecule has 0 aliphatic rings. The second-order valence-corrected chi connectivity index (χ2v) is 6.12. The Labute approximate surface area is 169 Å². The van der Waals surface area contributed by atoms with Crippen molar-refractivity contribution in [2.45, 2.75) is 0 Å². The monoisotopic (exact) mass is 412 g/mol. The van der Waals surface area contributed by atoms with Gasteiger partial charge in [0, 0.05) is 24.0 Å². The van der Waals surface area contributed by atoms with E-state index in [1.165, 1.54) is 60.9 Å². The zero-order chi connectivity index (χ0) is 20.8. The molecule has 0 unspecified atom stereocenters. The van der Waals surface area contributed by atoms with Gasteiger partial charge in [-0.15, -0.1) is 0 Å². The Morgan fingerprint density at radius 1 is 1.03 bits per heavy atom. The van der Waals surface area contributed by atoms with E-state index in [1.807, 2.05) is 0 Å². The van der Waals surface area contributed by atoms with Crippen LogP contribution in [0.25, 0.3) is 0 Å². The fourth-order valence-corrected chi connectivity index (χ4v) is 2.56. The number of benzene rings is 2. The predicted molar refractivity (Wildman–Crippen MR) is 103 cm³/mol. The van der Waals surface area contributed by atoms with Crippen molar-refractivity contribution >= 4 is 29.0 Å². The van der Waals surface area contributed by atoms with Gasteiger partial charge in [-0.1, -0.05) is 17.7 Å². The summed E-state index contributed by atoms with van der Waals surface area (Å²) in [4.78, 5) is 38.4. The summed E-state index contributed by atoms with van der Waals surface area (Å²) in [6.45, 7) is -0.441. The minimum Gasteiger partial charge on any atom is -0.454 e. The van der Waals surface area contributed by atoms with Crippen molar-refractivity contribution in [3.63, 3.8) is 0 Å². The molecular weight excluding hydrogens is 400 g/mol. The first-order valence-electron chi connectivity index (χ1n) is 8.27. The molecule has 1 heterocycles. The lowest BCUT2D eigenvalue weighted by atomic mass is 10.1. The van der Waals surface area contributed by atoms with Crippen LogP contribution in [0.4, 0.5) is 5.69 Å². The molecule has 146 valence electrons. The summed E-state index contributed by atoms with van der Waals surface area (Å²) < 4.78 is 10.5. The van der Waals surface area contributed by atoms with Gasteiger partial charge in [0.1, 0.15) is 5.75 Å². The van der Waals surface area contributed by atoms with Crippen LogP contribution in [0.3, 0.4) is 0 Å². The maximum absolute atomic E-state index is 12.2. The smallest absolute Gasteiger partial charge is 0.340 e. The van der Waals surface area contributed by atoms with Crippen molar-refractivity contribution < 1.29 is 24.0 Å². The van der Waals surface area contributed by atoms with Gasteiger partial charge in [-0.05, 0) is 42.5 Å². The molecule has 0 radical (unpaired) electrons. The molecule has 9 heteroatoms. The minimum absolute atomic E-state index is 0.0849.